The van der Waals surface area contributed by atoms with Crippen molar-refractivity contribution in [1.82, 2.24) is 15.3 Å². The van der Waals surface area contributed by atoms with Crippen molar-refractivity contribution in [3.63, 3.8) is 0 Å². The van der Waals surface area contributed by atoms with E-state index in [1.165, 1.54) is 7.05 Å². The summed E-state index contributed by atoms with van der Waals surface area (Å²) in [4.78, 5) is 5.33. The summed E-state index contributed by atoms with van der Waals surface area (Å²) in [5.41, 5.74) is 2.19. The third-order valence-electron chi connectivity index (χ3n) is 3.03. The molecule has 0 saturated heterocycles. The molecule has 0 aromatic heterocycles. The Bertz CT molecular complexity index is 651. The first-order chi connectivity index (χ1) is 11.2. The van der Waals surface area contributed by atoms with Crippen molar-refractivity contribution in [2.45, 2.75) is 6.54 Å². The Hall–Kier alpha value is -1.06. The Labute approximate surface area is 154 Å². The second-order valence-electron chi connectivity index (χ2n) is 4.91. The van der Waals surface area contributed by atoms with Gasteiger partial charge in [0.2, 0.25) is 5.69 Å². The first-order valence-electron chi connectivity index (χ1n) is 6.60. The zero-order chi connectivity index (χ0) is 18.5. The maximum atomic E-state index is 10.4. The number of phenolic OH excluding ortho intramolecular Hbond substituents is 1. The molecular weight excluding hydrogens is 383 g/mol. The number of nitrogens with one attached hydrogen (secondary N) is 1. The number of aromatic hydroxyl groups is 1. The van der Waals surface area contributed by atoms with Gasteiger partial charge in [0.1, 0.15) is 12.1 Å². The van der Waals surface area contributed by atoms with Gasteiger partial charge < -0.3 is 10.2 Å². The van der Waals surface area contributed by atoms with Crippen LogP contribution in [0.2, 0.25) is 15.1 Å². The Kier molecular flexibility index (Phi) is 7.75. The van der Waals surface area contributed by atoms with Crippen LogP contribution >= 0.6 is 34.8 Å². The maximum absolute atomic E-state index is 10.4. The topological polar surface area (TPSA) is 97.6 Å². The van der Waals surface area contributed by atoms with E-state index in [1.807, 2.05) is 5.59 Å². The molecule has 0 fully saturated rings. The van der Waals surface area contributed by atoms with Gasteiger partial charge in [-0.3, -0.25) is 4.90 Å². The van der Waals surface area contributed by atoms with Crippen LogP contribution in [0.1, 0.15) is 5.56 Å². The number of quaternary nitrogens is 1. The summed E-state index contributed by atoms with van der Waals surface area (Å²) in [6, 6.07) is 0. The average Bonchev–Trinajstić information content (AvgIpc) is 2.50. The number of hydrazone groups is 1. The van der Waals surface area contributed by atoms with Crippen LogP contribution in [0.15, 0.2) is 11.7 Å². The van der Waals surface area contributed by atoms with Gasteiger partial charge in [-0.15, -0.1) is 10.7 Å². The van der Waals surface area contributed by atoms with E-state index in [4.69, 9.17) is 44.8 Å². The molecule has 1 unspecified atom stereocenters. The quantitative estimate of drug-likeness (QED) is 0.304. The third-order valence-corrected chi connectivity index (χ3v) is 4.20. The molecule has 0 amide bonds. The Morgan fingerprint density at radius 2 is 1.96 bits per heavy atom. The highest BCUT2D eigenvalue weighted by molar-refractivity contribution is 6.44. The molecule has 0 saturated carbocycles. The lowest BCUT2D eigenvalue weighted by molar-refractivity contribution is -0.339. The van der Waals surface area contributed by atoms with Gasteiger partial charge in [-0.05, 0) is 18.6 Å². The van der Waals surface area contributed by atoms with Crippen LogP contribution in [-0.2, 0) is 11.5 Å². The first kappa shape index (κ1) is 21.0. The van der Waals surface area contributed by atoms with Crippen molar-refractivity contribution in [1.29, 1.82) is 0 Å². The molecule has 0 spiro atoms. The summed E-state index contributed by atoms with van der Waals surface area (Å²) >= 11 is 18.5. The predicted octanol–water partition coefficient (Wildman–Crippen LogP) is 2.31. The fraction of sp³-hybridized carbons (Fsp3) is 0.385. The zero-order valence-electron chi connectivity index (χ0n) is 13.1. The van der Waals surface area contributed by atoms with E-state index in [0.717, 1.165) is 0 Å². The third kappa shape index (κ3) is 4.73. The normalized spacial score (nSPS) is 13.5. The fourth-order valence-electron chi connectivity index (χ4n) is 1.89. The molecule has 0 heterocycles. The van der Waals surface area contributed by atoms with Crippen LogP contribution < -0.4 is 10.4 Å². The number of hydroxylamine groups is 2. The number of benzene rings is 1. The summed E-state index contributed by atoms with van der Waals surface area (Å²) in [7, 11) is 2.91. The van der Waals surface area contributed by atoms with Gasteiger partial charge in [0.05, 0.1) is 11.6 Å². The molecular formula is C13H18Cl3N4O4+. The molecule has 0 aliphatic rings. The highest BCUT2D eigenvalue weighted by atomic mass is 35.5. The van der Waals surface area contributed by atoms with Gasteiger partial charge in [-0.25, -0.2) is 0 Å². The lowest BCUT2D eigenvalue weighted by Crippen LogP contribution is -2.45. The fourth-order valence-corrected chi connectivity index (χ4v) is 3.03. The van der Waals surface area contributed by atoms with Gasteiger partial charge in [0.25, 0.3) is 0 Å². The molecule has 0 radical (unpaired) electrons. The second kappa shape index (κ2) is 8.87. The molecule has 0 aliphatic carbocycles. The summed E-state index contributed by atoms with van der Waals surface area (Å²) in [6.45, 7) is 3.69. The van der Waals surface area contributed by atoms with Crippen LogP contribution in [0.4, 0.5) is 5.69 Å². The largest absolute Gasteiger partial charge is 0.505 e. The first-order valence-corrected chi connectivity index (χ1v) is 7.73. The molecule has 1 aromatic rings. The highest BCUT2D eigenvalue weighted by Crippen LogP contribution is 2.49. The highest BCUT2D eigenvalue weighted by Gasteiger charge is 2.38. The van der Waals surface area contributed by atoms with Crippen LogP contribution in [0.3, 0.4) is 0 Å². The van der Waals surface area contributed by atoms with Crippen molar-refractivity contribution < 1.29 is 20.4 Å². The second-order valence-corrected chi connectivity index (χ2v) is 6.04. The molecule has 1 rings (SSSR count). The molecule has 11 heteroatoms. The van der Waals surface area contributed by atoms with E-state index in [9.17, 15) is 10.3 Å². The maximum Gasteiger partial charge on any atom is 0.243 e. The van der Waals surface area contributed by atoms with Crippen LogP contribution in [0.5, 0.6) is 5.75 Å². The minimum absolute atomic E-state index is 0.0121. The van der Waals surface area contributed by atoms with E-state index in [2.05, 4.69) is 17.6 Å². The summed E-state index contributed by atoms with van der Waals surface area (Å²) in [5.74, 6) is 1.69. The van der Waals surface area contributed by atoms with Crippen molar-refractivity contribution >= 4 is 46.4 Å². The van der Waals surface area contributed by atoms with Crippen LogP contribution in [0, 0.1) is 0 Å². The number of rotatable bonds is 8. The number of nitrogens with zero attached hydrogens (tertiary/aromatic N) is 3. The Balaban J connectivity index is 3.39. The Morgan fingerprint density at radius 1 is 1.33 bits per heavy atom. The van der Waals surface area contributed by atoms with Crippen molar-refractivity contribution in [3.8, 4) is 5.75 Å². The molecule has 1 aromatic carbocycles. The van der Waals surface area contributed by atoms with Crippen molar-refractivity contribution in [2.24, 2.45) is 5.10 Å². The average molecular weight is 401 g/mol. The zero-order valence-corrected chi connectivity index (χ0v) is 15.3. The molecule has 24 heavy (non-hydrogen) atoms. The lowest BCUT2D eigenvalue weighted by Gasteiger charge is -2.25. The molecule has 8 nitrogen and oxygen atoms in total. The van der Waals surface area contributed by atoms with E-state index in [-0.39, 0.29) is 33.9 Å². The van der Waals surface area contributed by atoms with Crippen LogP contribution in [0.25, 0.3) is 0 Å². The summed E-state index contributed by atoms with van der Waals surface area (Å²) in [6.07, 6.45) is 0. The predicted molar refractivity (Wildman–Crippen MR) is 93.3 cm³/mol. The van der Waals surface area contributed by atoms with Crippen LogP contribution in [-0.4, -0.2) is 53.4 Å². The molecule has 4 N–H and O–H groups in total. The number of hydrogen-bond donors (Lipinski definition) is 4. The standard InChI is InChI=1S/C13H17Cl3N4O4/c1-4-17-18-24-20(3,23)12-9(14)8(7-19(2)5-6-21)10(15)13(22)11(12)16/h18,21,23H,1,5-7H2,2-3H3/p+1. The molecule has 134 valence electrons. The van der Waals surface area contributed by atoms with Crippen molar-refractivity contribution in [2.75, 3.05) is 27.2 Å². The smallest absolute Gasteiger partial charge is 0.243 e. The number of hydrogen-bond acceptors (Lipinski definition) is 7. The van der Waals surface area contributed by atoms with Gasteiger partial charge in [0, 0.05) is 29.3 Å². The number of halogens is 3. The van der Waals surface area contributed by atoms with Gasteiger partial charge in [0.15, 0.2) is 10.8 Å². The minimum Gasteiger partial charge on any atom is -0.505 e. The molecule has 0 aliphatic heterocycles. The molecule has 1 atom stereocenters. The van der Waals surface area contributed by atoms with Gasteiger partial charge in [-0.1, -0.05) is 34.8 Å². The number of likely N-dealkylation sites (N-methyl/N-ethyl adjacent to an activating group) is 1. The summed E-state index contributed by atoms with van der Waals surface area (Å²) in [5, 5.41) is 32.5. The number of aliphatic hydroxyl groups is 1. The van der Waals surface area contributed by atoms with Gasteiger partial charge in [-0.2, -0.15) is 5.21 Å². The van der Waals surface area contributed by atoms with E-state index < -0.39 is 10.6 Å². The van der Waals surface area contributed by atoms with E-state index >= 15 is 0 Å². The van der Waals surface area contributed by atoms with E-state index in [1.54, 1.807) is 11.9 Å². The molecule has 0 bridgehead atoms. The summed E-state index contributed by atoms with van der Waals surface area (Å²) < 4.78 is 0. The SMILES string of the molecule is C=C=NNO[N+](C)(O)c1c(Cl)c(O)c(Cl)c(CN(C)CCO)c1Cl. The van der Waals surface area contributed by atoms with Crippen molar-refractivity contribution in [3.05, 3.63) is 27.2 Å². The lowest BCUT2D eigenvalue weighted by atomic mass is 10.1. The van der Waals surface area contributed by atoms with Gasteiger partial charge >= 0.3 is 0 Å². The Morgan fingerprint density at radius 3 is 2.50 bits per heavy atom. The minimum atomic E-state index is -1.30. The van der Waals surface area contributed by atoms with E-state index in [0.29, 0.717) is 12.1 Å². The monoisotopic (exact) mass is 399 g/mol. The number of aliphatic hydroxyl groups excluding tert-OH is 1. The number of phenols is 1.